The molecule has 0 fully saturated rings. The number of aromatic nitrogens is 4. The van der Waals surface area contributed by atoms with Gasteiger partial charge in [-0.2, -0.15) is 0 Å². The van der Waals surface area contributed by atoms with Crippen LogP contribution >= 0.6 is 0 Å². The van der Waals surface area contributed by atoms with Crippen molar-refractivity contribution in [3.8, 4) is 11.4 Å². The minimum absolute atomic E-state index is 0.0964. The molecule has 0 saturated carbocycles. The summed E-state index contributed by atoms with van der Waals surface area (Å²) in [5.41, 5.74) is 2.03. The highest BCUT2D eigenvalue weighted by Gasteiger charge is 2.07. The van der Waals surface area contributed by atoms with E-state index in [2.05, 4.69) is 20.3 Å². The van der Waals surface area contributed by atoms with Crippen LogP contribution < -0.4 is 10.9 Å². The molecule has 0 radical (unpaired) electrons. The fourth-order valence-corrected chi connectivity index (χ4v) is 3.03. The van der Waals surface area contributed by atoms with Crippen molar-refractivity contribution in [2.24, 2.45) is 0 Å². The maximum Gasteiger partial charge on any atom is 0.261 e. The average molecular weight is 385 g/mol. The number of para-hydroxylation sites is 1. The first kappa shape index (κ1) is 18.5. The van der Waals surface area contributed by atoms with Crippen molar-refractivity contribution < 1.29 is 4.79 Å². The molecule has 1 amide bonds. The van der Waals surface area contributed by atoms with Crippen LogP contribution in [0.25, 0.3) is 22.3 Å². The lowest BCUT2D eigenvalue weighted by atomic mass is 10.2. The molecule has 4 aromatic rings. The Morgan fingerprint density at radius 2 is 1.66 bits per heavy atom. The molecule has 0 aliphatic heterocycles. The van der Waals surface area contributed by atoms with Gasteiger partial charge in [-0.05, 0) is 18.6 Å². The molecule has 0 unspecified atom stereocenters. The molecule has 0 bridgehead atoms. The molecule has 0 spiro atoms. The first-order valence-electron chi connectivity index (χ1n) is 9.32. The quantitative estimate of drug-likeness (QED) is 0.550. The number of anilines is 1. The molecule has 7 heteroatoms. The fraction of sp³-hybridized carbons (Fsp3) is 0.136. The summed E-state index contributed by atoms with van der Waals surface area (Å²) in [5.74, 6) is 0.453. The number of hydrogen-bond acceptors (Lipinski definition) is 5. The van der Waals surface area contributed by atoms with Gasteiger partial charge in [0, 0.05) is 18.5 Å². The molecular weight excluding hydrogens is 366 g/mol. The van der Waals surface area contributed by atoms with Gasteiger partial charge in [-0.1, -0.05) is 42.5 Å². The second-order valence-electron chi connectivity index (χ2n) is 6.57. The second-order valence-corrected chi connectivity index (χ2v) is 6.57. The Morgan fingerprint density at radius 3 is 2.45 bits per heavy atom. The van der Waals surface area contributed by atoms with E-state index < -0.39 is 0 Å². The summed E-state index contributed by atoms with van der Waals surface area (Å²) in [7, 11) is 0. The molecule has 144 valence electrons. The van der Waals surface area contributed by atoms with Gasteiger partial charge < -0.3 is 5.32 Å². The van der Waals surface area contributed by atoms with Crippen LogP contribution in [0.1, 0.15) is 12.8 Å². The zero-order valence-corrected chi connectivity index (χ0v) is 15.7. The molecule has 7 nitrogen and oxygen atoms in total. The zero-order chi connectivity index (χ0) is 20.1. The zero-order valence-electron chi connectivity index (χ0n) is 15.7. The number of benzene rings is 2. The third kappa shape index (κ3) is 4.35. The van der Waals surface area contributed by atoms with Crippen LogP contribution in [-0.4, -0.2) is 25.4 Å². The molecule has 2 heterocycles. The van der Waals surface area contributed by atoms with Crippen LogP contribution in [0.15, 0.2) is 78.1 Å². The number of nitrogens with zero attached hydrogens (tertiary/aromatic N) is 4. The molecule has 29 heavy (non-hydrogen) atoms. The number of carbonyl (C=O) groups excluding carboxylic acids is 1. The van der Waals surface area contributed by atoms with E-state index in [-0.39, 0.29) is 17.9 Å². The normalized spacial score (nSPS) is 10.8. The Balaban J connectivity index is 1.32. The van der Waals surface area contributed by atoms with Crippen molar-refractivity contribution in [2.45, 2.75) is 19.4 Å². The summed E-state index contributed by atoms with van der Waals surface area (Å²) >= 11 is 0. The van der Waals surface area contributed by atoms with E-state index in [0.29, 0.717) is 35.4 Å². The van der Waals surface area contributed by atoms with Gasteiger partial charge >= 0.3 is 0 Å². The Labute approximate surface area is 167 Å². The van der Waals surface area contributed by atoms with Gasteiger partial charge in [0.1, 0.15) is 0 Å². The Morgan fingerprint density at radius 1 is 0.931 bits per heavy atom. The van der Waals surface area contributed by atoms with Gasteiger partial charge in [0.05, 0.1) is 35.3 Å². The third-order valence-corrected chi connectivity index (χ3v) is 4.50. The minimum atomic E-state index is -0.150. The van der Waals surface area contributed by atoms with E-state index in [1.165, 1.54) is 10.9 Å². The summed E-state index contributed by atoms with van der Waals surface area (Å²) in [6.07, 6.45) is 5.50. The number of amides is 1. The first-order chi connectivity index (χ1) is 14.2. The van der Waals surface area contributed by atoms with Crippen molar-refractivity contribution >= 4 is 22.5 Å². The minimum Gasteiger partial charge on any atom is -0.323 e. The summed E-state index contributed by atoms with van der Waals surface area (Å²) in [4.78, 5) is 37.5. The second kappa shape index (κ2) is 8.43. The molecule has 4 rings (SSSR count). The maximum atomic E-state index is 12.4. The van der Waals surface area contributed by atoms with E-state index in [4.69, 9.17) is 0 Å². The number of carbonyl (C=O) groups is 1. The van der Waals surface area contributed by atoms with E-state index in [9.17, 15) is 9.59 Å². The van der Waals surface area contributed by atoms with Crippen LogP contribution in [0.5, 0.6) is 0 Å². The predicted molar refractivity (Wildman–Crippen MR) is 111 cm³/mol. The van der Waals surface area contributed by atoms with E-state index >= 15 is 0 Å². The highest BCUT2D eigenvalue weighted by Crippen LogP contribution is 2.15. The lowest BCUT2D eigenvalue weighted by Gasteiger charge is -2.08. The highest BCUT2D eigenvalue weighted by atomic mass is 16.1. The van der Waals surface area contributed by atoms with Crippen LogP contribution in [0, 0.1) is 0 Å². The summed E-state index contributed by atoms with van der Waals surface area (Å²) in [6.45, 7) is 0.424. The Bertz CT molecular complexity index is 1190. The number of rotatable bonds is 6. The topological polar surface area (TPSA) is 89.8 Å². The highest BCUT2D eigenvalue weighted by molar-refractivity contribution is 5.90. The number of hydrogen-bond donors (Lipinski definition) is 1. The van der Waals surface area contributed by atoms with Crippen LogP contribution in [0.2, 0.25) is 0 Å². The summed E-state index contributed by atoms with van der Waals surface area (Å²) in [5, 5.41) is 3.36. The van der Waals surface area contributed by atoms with Crippen LogP contribution in [0.4, 0.5) is 5.69 Å². The van der Waals surface area contributed by atoms with Crippen molar-refractivity contribution in [3.05, 3.63) is 83.7 Å². The molecule has 0 aliphatic rings. The molecule has 0 atom stereocenters. The van der Waals surface area contributed by atoms with Crippen LogP contribution in [0.3, 0.4) is 0 Å². The average Bonchev–Trinajstić information content (AvgIpc) is 2.77. The molecular formula is C22H19N5O2. The molecule has 2 aromatic heterocycles. The van der Waals surface area contributed by atoms with Gasteiger partial charge in [-0.25, -0.2) is 15.0 Å². The number of aryl methyl sites for hydroxylation is 1. The molecule has 0 saturated heterocycles. The van der Waals surface area contributed by atoms with E-state index in [0.717, 1.165) is 5.56 Å². The fourth-order valence-electron chi connectivity index (χ4n) is 3.03. The van der Waals surface area contributed by atoms with Gasteiger partial charge in [-0.3, -0.25) is 14.2 Å². The Kier molecular flexibility index (Phi) is 5.38. The summed E-state index contributed by atoms with van der Waals surface area (Å²) < 4.78 is 1.54. The standard InChI is InChI=1S/C22H19N5O2/c28-20(26-17-13-23-21(24-14-17)16-7-2-1-3-8-16)11-6-12-27-15-25-19-10-5-4-9-18(19)22(27)29/h1-5,7-10,13-15H,6,11-12H2,(H,26,28). The van der Waals surface area contributed by atoms with Crippen LogP contribution in [-0.2, 0) is 11.3 Å². The van der Waals surface area contributed by atoms with Gasteiger partial charge in [0.2, 0.25) is 5.91 Å². The largest absolute Gasteiger partial charge is 0.323 e. The third-order valence-electron chi connectivity index (χ3n) is 4.50. The monoisotopic (exact) mass is 385 g/mol. The van der Waals surface area contributed by atoms with Crippen molar-refractivity contribution in [3.63, 3.8) is 0 Å². The number of fused-ring (bicyclic) bond motifs is 1. The SMILES string of the molecule is O=C(CCCn1cnc2ccccc2c1=O)Nc1cnc(-c2ccccc2)nc1. The van der Waals surface area contributed by atoms with Crippen molar-refractivity contribution in [2.75, 3.05) is 5.32 Å². The molecule has 1 N–H and O–H groups in total. The molecule has 0 aliphatic carbocycles. The first-order valence-corrected chi connectivity index (χ1v) is 9.32. The van der Waals surface area contributed by atoms with Gasteiger partial charge in [-0.15, -0.1) is 0 Å². The number of nitrogens with one attached hydrogen (secondary N) is 1. The molecule has 2 aromatic carbocycles. The Hall–Kier alpha value is -3.87. The van der Waals surface area contributed by atoms with E-state index in [1.807, 2.05) is 42.5 Å². The predicted octanol–water partition coefficient (Wildman–Crippen LogP) is 3.27. The van der Waals surface area contributed by atoms with Gasteiger partial charge in [0.15, 0.2) is 5.82 Å². The van der Waals surface area contributed by atoms with E-state index in [1.54, 1.807) is 24.5 Å². The van der Waals surface area contributed by atoms with Gasteiger partial charge in [0.25, 0.3) is 5.56 Å². The lowest BCUT2D eigenvalue weighted by Crippen LogP contribution is -2.21. The summed E-state index contributed by atoms with van der Waals surface area (Å²) in [6, 6.07) is 16.9. The van der Waals surface area contributed by atoms with Crippen molar-refractivity contribution in [1.82, 2.24) is 19.5 Å². The smallest absolute Gasteiger partial charge is 0.261 e. The van der Waals surface area contributed by atoms with Crippen molar-refractivity contribution in [1.29, 1.82) is 0 Å². The lowest BCUT2D eigenvalue weighted by molar-refractivity contribution is -0.116. The maximum absolute atomic E-state index is 12.4.